The molecular weight excluding hydrogens is 772 g/mol. The lowest BCUT2D eigenvalue weighted by molar-refractivity contribution is -0.138. The van der Waals surface area contributed by atoms with E-state index in [1.807, 2.05) is 32.0 Å². The molecule has 284 valence electrons. The van der Waals surface area contributed by atoms with Crippen molar-refractivity contribution in [3.63, 3.8) is 0 Å². The number of nitrogens with one attached hydrogen (secondary N) is 1. The minimum Gasteiger partial charge on any atom is -0.481 e. The maximum Gasteiger partial charge on any atom is 0.306 e. The van der Waals surface area contributed by atoms with Gasteiger partial charge in [-0.1, -0.05) is 90.6 Å². The number of carbonyl (C=O) groups excluding carboxylic acids is 1. The highest BCUT2D eigenvalue weighted by Gasteiger charge is 2.42. The molecular formula is C31H71ClN2O3S9. The number of carboxylic acids is 1. The van der Waals surface area contributed by atoms with Crippen molar-refractivity contribution in [1.29, 1.82) is 0 Å². The van der Waals surface area contributed by atoms with Gasteiger partial charge in [0.05, 0.1) is 12.0 Å². The molecule has 9 atom stereocenters. The molecule has 4 aliphatic carbocycles. The Bertz CT molecular complexity index is 818. The Balaban J connectivity index is -0.0000000569. The molecule has 4 fully saturated rings. The highest BCUT2D eigenvalue weighted by molar-refractivity contribution is 7.60. The van der Waals surface area contributed by atoms with Gasteiger partial charge in [-0.3, -0.25) is 9.59 Å². The Kier molecular flexibility index (Phi) is 54.8. The molecule has 0 heterocycles. The molecule has 46 heavy (non-hydrogen) atoms. The molecule has 1 amide bonds. The lowest BCUT2D eigenvalue weighted by Crippen LogP contribution is -2.28. The molecule has 0 spiro atoms. The number of hydrogen-bond donors (Lipinski definition) is 3. The molecule has 1 aromatic carbocycles. The Labute approximate surface area is 350 Å². The van der Waals surface area contributed by atoms with E-state index in [1.165, 1.54) is 31.2 Å². The number of benzene rings is 1. The summed E-state index contributed by atoms with van der Waals surface area (Å²) in [4.78, 5) is 22.0. The van der Waals surface area contributed by atoms with Crippen LogP contribution in [0.15, 0.2) is 30.3 Å². The summed E-state index contributed by atoms with van der Waals surface area (Å²) in [5.41, 5.74) is 6.65. The first-order chi connectivity index (χ1) is 17.2. The van der Waals surface area contributed by atoms with Gasteiger partial charge < -0.3 is 16.2 Å². The number of aliphatic carboxylic acids is 1. The fourth-order valence-electron chi connectivity index (χ4n) is 4.88. The maximum absolute atomic E-state index is 11.8. The molecule has 5 nitrogen and oxygen atoms in total. The maximum atomic E-state index is 11.8. The molecule has 0 bridgehead atoms. The SMILES string of the molecule is CC[C@H]1C[C@@H]1C.CC[C@H]1C[C@@H]1C(=O)N[C@@H](C)c1ccccc1.CC[C@H]1C[C@@H]1C(=O)O.CC[C@H]1C[C@@H]1N.Cl.S.S.S.S.S.S.S.S.S. The van der Waals surface area contributed by atoms with Crippen LogP contribution in [0.5, 0.6) is 0 Å². The van der Waals surface area contributed by atoms with E-state index in [2.05, 4.69) is 45.1 Å². The minimum atomic E-state index is -0.614. The number of halogens is 1. The van der Waals surface area contributed by atoms with Crippen LogP contribution in [0.3, 0.4) is 0 Å². The van der Waals surface area contributed by atoms with E-state index in [0.29, 0.717) is 17.9 Å². The average Bonchev–Trinajstić information content (AvgIpc) is 3.72. The second-order valence-electron chi connectivity index (χ2n) is 11.4. The van der Waals surface area contributed by atoms with Crippen LogP contribution >= 0.6 is 134 Å². The van der Waals surface area contributed by atoms with E-state index in [1.54, 1.807) is 0 Å². The summed E-state index contributed by atoms with van der Waals surface area (Å²) >= 11 is 0. The summed E-state index contributed by atoms with van der Waals surface area (Å²) in [7, 11) is 0. The number of amides is 1. The number of nitrogens with two attached hydrogens (primary N) is 1. The van der Waals surface area contributed by atoms with Crippen molar-refractivity contribution >= 4 is 146 Å². The predicted molar refractivity (Wildman–Crippen MR) is 249 cm³/mol. The second kappa shape index (κ2) is 36.4. The number of carbonyl (C=O) groups is 2. The first-order valence-electron chi connectivity index (χ1n) is 14.5. The van der Waals surface area contributed by atoms with Crippen molar-refractivity contribution in [2.24, 2.45) is 47.2 Å². The summed E-state index contributed by atoms with van der Waals surface area (Å²) in [6, 6.07) is 10.8. The smallest absolute Gasteiger partial charge is 0.306 e. The Morgan fingerprint density at radius 1 is 0.717 bits per heavy atom. The summed E-state index contributed by atoms with van der Waals surface area (Å²) < 4.78 is 0. The van der Waals surface area contributed by atoms with Crippen molar-refractivity contribution < 1.29 is 14.7 Å². The van der Waals surface area contributed by atoms with Crippen LogP contribution < -0.4 is 11.1 Å². The third kappa shape index (κ3) is 27.3. The molecule has 0 aliphatic heterocycles. The molecule has 0 radical (unpaired) electrons. The van der Waals surface area contributed by atoms with Gasteiger partial charge in [0.1, 0.15) is 0 Å². The lowest BCUT2D eigenvalue weighted by atomic mass is 10.1. The number of rotatable bonds is 8. The molecule has 0 unspecified atom stereocenters. The molecule has 15 heteroatoms. The first kappa shape index (κ1) is 69.3. The van der Waals surface area contributed by atoms with Crippen molar-refractivity contribution in [3.05, 3.63) is 35.9 Å². The number of carboxylic acid groups (broad SMARTS) is 1. The monoisotopic (exact) mass is 842 g/mol. The molecule has 5 rings (SSSR count). The van der Waals surface area contributed by atoms with Gasteiger partial charge in [0.25, 0.3) is 0 Å². The standard InChI is InChI=1S/C14H19NO.C6H10O2.C6H12.C5H11N.ClH.9H2S/c1-3-11-9-13(11)14(16)15-10(2)12-7-5-4-6-8-12;1-2-4-3-5(4)6(7)8;1-3-6-4-5(6)2;1-2-4-3-5(4)6;;;;;;;;;;/h4-8,10-11,13H,3,9H2,1-2H3,(H,15,16);4-5H,2-3H2,1H3,(H,7,8);5-6H,3-4H2,1-2H3;4-5H,2-3,6H2,1H3;1H;9*1H2/t10-,11-,13-;4-,5-;5-,6-;4-,5-;;;;;;;;;;/m0000........../s1. The Morgan fingerprint density at radius 3 is 1.30 bits per heavy atom. The molecule has 1 aromatic rings. The van der Waals surface area contributed by atoms with E-state index in [9.17, 15) is 9.59 Å². The molecule has 0 saturated heterocycles. The van der Waals surface area contributed by atoms with Gasteiger partial charge in [0, 0.05) is 12.0 Å². The summed E-state index contributed by atoms with van der Waals surface area (Å²) in [5.74, 6) is 4.05. The van der Waals surface area contributed by atoms with Crippen LogP contribution in [-0.2, 0) is 9.59 Å². The third-order valence-corrected chi connectivity index (χ3v) is 8.51. The van der Waals surface area contributed by atoms with Crippen molar-refractivity contribution in [3.8, 4) is 0 Å². The van der Waals surface area contributed by atoms with E-state index >= 15 is 0 Å². The fraction of sp³-hybridized carbons (Fsp3) is 0.742. The largest absolute Gasteiger partial charge is 0.481 e. The van der Waals surface area contributed by atoms with Crippen LogP contribution in [0.1, 0.15) is 105 Å². The summed E-state index contributed by atoms with van der Waals surface area (Å²) in [5, 5.41) is 11.4. The van der Waals surface area contributed by atoms with Crippen molar-refractivity contribution in [2.45, 2.75) is 105 Å². The van der Waals surface area contributed by atoms with E-state index < -0.39 is 5.97 Å². The van der Waals surface area contributed by atoms with Crippen molar-refractivity contribution in [1.82, 2.24) is 5.32 Å². The third-order valence-electron chi connectivity index (χ3n) is 8.51. The highest BCUT2D eigenvalue weighted by Crippen LogP contribution is 2.42. The van der Waals surface area contributed by atoms with Gasteiger partial charge in [-0.15, -0.1) is 12.4 Å². The van der Waals surface area contributed by atoms with Gasteiger partial charge in [-0.25, -0.2) is 0 Å². The Hall–Kier alpha value is 1.56. The highest BCUT2D eigenvalue weighted by atomic mass is 35.5. The van der Waals surface area contributed by atoms with Gasteiger partial charge in [-0.2, -0.15) is 121 Å². The van der Waals surface area contributed by atoms with Crippen LogP contribution in [0.25, 0.3) is 0 Å². The molecule has 4 saturated carbocycles. The van der Waals surface area contributed by atoms with E-state index in [-0.39, 0.29) is 158 Å². The van der Waals surface area contributed by atoms with Crippen LogP contribution in [0, 0.1) is 41.4 Å². The quantitative estimate of drug-likeness (QED) is 0.246. The van der Waals surface area contributed by atoms with Crippen LogP contribution in [0.2, 0.25) is 0 Å². The summed E-state index contributed by atoms with van der Waals surface area (Å²) in [6.07, 6.45) is 9.58. The van der Waals surface area contributed by atoms with Gasteiger partial charge in [-0.05, 0) is 67.8 Å². The number of hydrogen-bond acceptors (Lipinski definition) is 3. The average molecular weight is 844 g/mol. The molecule has 4 N–H and O–H groups in total. The molecule has 4 aliphatic rings. The van der Waals surface area contributed by atoms with Gasteiger partial charge in [0.2, 0.25) is 5.91 Å². The topological polar surface area (TPSA) is 92.4 Å². The first-order valence-corrected chi connectivity index (χ1v) is 14.5. The minimum absolute atomic E-state index is 0. The fourth-order valence-corrected chi connectivity index (χ4v) is 4.88. The van der Waals surface area contributed by atoms with Gasteiger partial charge in [0.15, 0.2) is 0 Å². The van der Waals surface area contributed by atoms with E-state index in [0.717, 1.165) is 43.4 Å². The zero-order valence-electron chi connectivity index (χ0n) is 28.5. The Morgan fingerprint density at radius 2 is 1.09 bits per heavy atom. The zero-order valence-corrected chi connectivity index (χ0v) is 38.3. The van der Waals surface area contributed by atoms with Crippen molar-refractivity contribution in [2.75, 3.05) is 0 Å². The second-order valence-corrected chi connectivity index (χ2v) is 11.4. The molecule has 0 aromatic heterocycles. The summed E-state index contributed by atoms with van der Waals surface area (Å²) in [6.45, 7) is 13.0. The predicted octanol–water partition coefficient (Wildman–Crippen LogP) is 8.26. The zero-order chi connectivity index (χ0) is 26.8. The van der Waals surface area contributed by atoms with Crippen LogP contribution in [0.4, 0.5) is 0 Å². The van der Waals surface area contributed by atoms with E-state index in [4.69, 9.17) is 10.8 Å². The normalized spacial score (nSPS) is 25.9. The van der Waals surface area contributed by atoms with Crippen LogP contribution in [-0.4, -0.2) is 23.0 Å². The van der Waals surface area contributed by atoms with Gasteiger partial charge >= 0.3 is 5.97 Å². The lowest BCUT2D eigenvalue weighted by Gasteiger charge is -2.14.